The summed E-state index contributed by atoms with van der Waals surface area (Å²) in [5.41, 5.74) is 1.48. The zero-order valence-corrected chi connectivity index (χ0v) is 15.4. The lowest BCUT2D eigenvalue weighted by molar-refractivity contribution is 0.444. The molecule has 0 spiro atoms. The number of fused-ring (bicyclic) bond motifs is 3. The molecule has 3 aromatic carbocycles. The molecule has 1 aliphatic carbocycles. The highest BCUT2D eigenvalue weighted by Crippen LogP contribution is 2.36. The molecule has 0 aliphatic heterocycles. The van der Waals surface area contributed by atoms with E-state index in [1.165, 1.54) is 53.8 Å². The lowest BCUT2D eigenvalue weighted by Gasteiger charge is -2.22. The number of nitrogens with zero attached hydrogens (tertiary/aromatic N) is 1. The highest BCUT2D eigenvalue weighted by atomic mass is 16.5. The van der Waals surface area contributed by atoms with Crippen molar-refractivity contribution in [3.63, 3.8) is 0 Å². The Hall–Kier alpha value is -2.87. The van der Waals surface area contributed by atoms with E-state index in [0.717, 1.165) is 11.1 Å². The Kier molecular flexibility index (Phi) is 4.25. The van der Waals surface area contributed by atoms with Gasteiger partial charge in [-0.2, -0.15) is 0 Å². The number of aromatic nitrogens is 1. The summed E-state index contributed by atoms with van der Waals surface area (Å²) in [6.45, 7) is 0. The fourth-order valence-electron chi connectivity index (χ4n) is 4.30. The van der Waals surface area contributed by atoms with Gasteiger partial charge in [0.2, 0.25) is 5.88 Å². The lowest BCUT2D eigenvalue weighted by atomic mass is 9.83. The van der Waals surface area contributed by atoms with Gasteiger partial charge in [0.05, 0.1) is 0 Å². The summed E-state index contributed by atoms with van der Waals surface area (Å²) in [6, 6.07) is 23.3. The second-order valence-electron chi connectivity index (χ2n) is 7.54. The molecule has 1 saturated carbocycles. The van der Waals surface area contributed by atoms with E-state index >= 15 is 0 Å². The zero-order chi connectivity index (χ0) is 18.1. The molecule has 0 atom stereocenters. The third-order valence-electron chi connectivity index (χ3n) is 5.76. The molecule has 5 rings (SSSR count). The summed E-state index contributed by atoms with van der Waals surface area (Å²) >= 11 is 0. The first-order valence-corrected chi connectivity index (χ1v) is 9.92. The van der Waals surface area contributed by atoms with Crippen molar-refractivity contribution in [3.05, 3.63) is 78.5 Å². The standard InChI is InChI=1S/C25H23NO/c1-3-7-18(8-4-1)20-13-11-19-12-14-21-17-26-25(16-24(21)23(19)15-20)27-22-9-5-2-6-10-22/h2,5-6,9-18H,1,3-4,7-8H2. The second-order valence-corrected chi connectivity index (χ2v) is 7.54. The fourth-order valence-corrected chi connectivity index (χ4v) is 4.30. The van der Waals surface area contributed by atoms with Gasteiger partial charge in [0, 0.05) is 17.6 Å². The number of hydrogen-bond donors (Lipinski definition) is 0. The summed E-state index contributed by atoms with van der Waals surface area (Å²) < 4.78 is 5.97. The molecule has 1 aliphatic rings. The first-order chi connectivity index (χ1) is 13.4. The maximum Gasteiger partial charge on any atom is 0.219 e. The molecule has 0 amide bonds. The van der Waals surface area contributed by atoms with Crippen LogP contribution in [0.4, 0.5) is 0 Å². The van der Waals surface area contributed by atoms with E-state index in [9.17, 15) is 0 Å². The normalized spacial score (nSPS) is 15.3. The van der Waals surface area contributed by atoms with Gasteiger partial charge < -0.3 is 4.74 Å². The molecule has 1 fully saturated rings. The van der Waals surface area contributed by atoms with Gasteiger partial charge in [0.1, 0.15) is 5.75 Å². The Morgan fingerprint density at radius 1 is 0.741 bits per heavy atom. The van der Waals surface area contributed by atoms with Crippen molar-refractivity contribution < 1.29 is 4.74 Å². The first-order valence-electron chi connectivity index (χ1n) is 9.92. The monoisotopic (exact) mass is 353 g/mol. The minimum atomic E-state index is 0.643. The molecule has 0 N–H and O–H groups in total. The first kappa shape index (κ1) is 16.3. The van der Waals surface area contributed by atoms with Gasteiger partial charge in [0.15, 0.2) is 0 Å². The Bertz CT molecular complexity index is 1080. The Morgan fingerprint density at radius 2 is 1.48 bits per heavy atom. The van der Waals surface area contributed by atoms with Crippen LogP contribution in [-0.4, -0.2) is 4.98 Å². The summed E-state index contributed by atoms with van der Waals surface area (Å²) in [6.07, 6.45) is 8.66. The van der Waals surface area contributed by atoms with Gasteiger partial charge in [0.25, 0.3) is 0 Å². The van der Waals surface area contributed by atoms with Crippen molar-refractivity contribution in [2.45, 2.75) is 38.0 Å². The smallest absolute Gasteiger partial charge is 0.219 e. The van der Waals surface area contributed by atoms with Crippen LogP contribution in [0.3, 0.4) is 0 Å². The van der Waals surface area contributed by atoms with E-state index in [1.807, 2.05) is 36.5 Å². The predicted octanol–water partition coefficient (Wildman–Crippen LogP) is 7.23. The third-order valence-corrected chi connectivity index (χ3v) is 5.76. The summed E-state index contributed by atoms with van der Waals surface area (Å²) in [5.74, 6) is 2.16. The molecular weight excluding hydrogens is 330 g/mol. The van der Waals surface area contributed by atoms with Crippen LogP contribution >= 0.6 is 0 Å². The molecule has 2 heteroatoms. The summed E-state index contributed by atoms with van der Waals surface area (Å²) in [4.78, 5) is 4.50. The Balaban J connectivity index is 1.59. The number of para-hydroxylation sites is 1. The minimum Gasteiger partial charge on any atom is -0.439 e. The quantitative estimate of drug-likeness (QED) is 0.362. The summed E-state index contributed by atoms with van der Waals surface area (Å²) in [7, 11) is 0. The fraction of sp³-hybridized carbons (Fsp3) is 0.240. The third kappa shape index (κ3) is 3.28. The van der Waals surface area contributed by atoms with E-state index < -0.39 is 0 Å². The topological polar surface area (TPSA) is 22.1 Å². The molecule has 4 aromatic rings. The highest BCUT2D eigenvalue weighted by Gasteiger charge is 2.16. The Morgan fingerprint density at radius 3 is 2.33 bits per heavy atom. The van der Waals surface area contributed by atoms with Crippen molar-refractivity contribution in [1.82, 2.24) is 4.98 Å². The van der Waals surface area contributed by atoms with Crippen molar-refractivity contribution in [3.8, 4) is 11.6 Å². The molecule has 0 radical (unpaired) electrons. The number of benzene rings is 3. The van der Waals surface area contributed by atoms with Crippen LogP contribution in [0.15, 0.2) is 72.9 Å². The molecule has 0 bridgehead atoms. The van der Waals surface area contributed by atoms with Crippen LogP contribution in [0.25, 0.3) is 21.5 Å². The van der Waals surface area contributed by atoms with Crippen molar-refractivity contribution in [1.29, 1.82) is 0 Å². The van der Waals surface area contributed by atoms with Gasteiger partial charge in [-0.25, -0.2) is 4.98 Å². The number of rotatable bonds is 3. The SMILES string of the molecule is c1ccc(Oc2cc3c(ccc4ccc(C5CCCCC5)cc43)cn2)cc1. The van der Waals surface area contributed by atoms with Crippen LogP contribution in [0.1, 0.15) is 43.6 Å². The Labute approximate surface area is 159 Å². The van der Waals surface area contributed by atoms with E-state index in [1.54, 1.807) is 0 Å². The summed E-state index contributed by atoms with van der Waals surface area (Å²) in [5, 5.41) is 4.95. The molecule has 1 aromatic heterocycles. The van der Waals surface area contributed by atoms with Crippen molar-refractivity contribution >= 4 is 21.5 Å². The predicted molar refractivity (Wildman–Crippen MR) is 112 cm³/mol. The number of pyridine rings is 1. The highest BCUT2D eigenvalue weighted by molar-refractivity contribution is 6.07. The van der Waals surface area contributed by atoms with Gasteiger partial charge >= 0.3 is 0 Å². The van der Waals surface area contributed by atoms with E-state index in [2.05, 4.69) is 41.4 Å². The average molecular weight is 353 g/mol. The minimum absolute atomic E-state index is 0.643. The van der Waals surface area contributed by atoms with Gasteiger partial charge in [-0.15, -0.1) is 0 Å². The van der Waals surface area contributed by atoms with E-state index in [4.69, 9.17) is 4.74 Å². The van der Waals surface area contributed by atoms with Gasteiger partial charge in [-0.3, -0.25) is 0 Å². The van der Waals surface area contributed by atoms with E-state index in [0.29, 0.717) is 11.8 Å². The molecule has 0 unspecified atom stereocenters. The average Bonchev–Trinajstić information content (AvgIpc) is 2.75. The van der Waals surface area contributed by atoms with Crippen LogP contribution in [0.2, 0.25) is 0 Å². The molecule has 27 heavy (non-hydrogen) atoms. The molecule has 134 valence electrons. The maximum atomic E-state index is 5.97. The molecule has 1 heterocycles. The van der Waals surface area contributed by atoms with Crippen LogP contribution in [0.5, 0.6) is 11.6 Å². The molecular formula is C25H23NO. The van der Waals surface area contributed by atoms with Crippen LogP contribution in [0, 0.1) is 0 Å². The number of hydrogen-bond acceptors (Lipinski definition) is 2. The maximum absolute atomic E-state index is 5.97. The second kappa shape index (κ2) is 7.03. The number of ether oxygens (including phenoxy) is 1. The van der Waals surface area contributed by atoms with Crippen molar-refractivity contribution in [2.75, 3.05) is 0 Å². The van der Waals surface area contributed by atoms with Crippen LogP contribution in [-0.2, 0) is 0 Å². The van der Waals surface area contributed by atoms with Gasteiger partial charge in [-0.05, 0) is 52.6 Å². The zero-order valence-electron chi connectivity index (χ0n) is 15.4. The largest absolute Gasteiger partial charge is 0.439 e. The van der Waals surface area contributed by atoms with Crippen molar-refractivity contribution in [2.24, 2.45) is 0 Å². The van der Waals surface area contributed by atoms with Gasteiger partial charge in [-0.1, -0.05) is 67.8 Å². The lowest BCUT2D eigenvalue weighted by Crippen LogP contribution is -2.04. The molecule has 0 saturated heterocycles. The van der Waals surface area contributed by atoms with Crippen LogP contribution < -0.4 is 4.74 Å². The molecule has 2 nitrogen and oxygen atoms in total. The van der Waals surface area contributed by atoms with E-state index in [-0.39, 0.29) is 0 Å².